The first-order valence-corrected chi connectivity index (χ1v) is 12.0. The van der Waals surface area contributed by atoms with Crippen LogP contribution in [0.25, 0.3) is 16.4 Å². The Morgan fingerprint density at radius 1 is 1.24 bits per heavy atom. The molecule has 1 atom stereocenters. The van der Waals surface area contributed by atoms with Gasteiger partial charge in [0.05, 0.1) is 25.3 Å². The van der Waals surface area contributed by atoms with Crippen LogP contribution in [0.3, 0.4) is 0 Å². The zero-order valence-electron chi connectivity index (χ0n) is 18.8. The lowest BCUT2D eigenvalue weighted by molar-refractivity contribution is -0.125. The van der Waals surface area contributed by atoms with E-state index in [-0.39, 0.29) is 11.8 Å². The second-order valence-electron chi connectivity index (χ2n) is 8.06. The number of nitrogens with zero attached hydrogens (tertiary/aromatic N) is 6. The van der Waals surface area contributed by atoms with Crippen molar-refractivity contribution < 1.29 is 9.53 Å². The molecule has 0 radical (unpaired) electrons. The maximum absolute atomic E-state index is 12.9. The number of hydrogen-bond donors (Lipinski definition) is 1. The number of carbonyl (C=O) groups is 1. The smallest absolute Gasteiger partial charge is 0.225 e. The Hall–Kier alpha value is -3.79. The van der Waals surface area contributed by atoms with Crippen molar-refractivity contribution in [2.75, 3.05) is 25.1 Å². The van der Waals surface area contributed by atoms with Crippen LogP contribution in [0.15, 0.2) is 60.5 Å². The number of nitrogens with one attached hydrogen (secondary N) is 1. The average molecular weight is 476 g/mol. The van der Waals surface area contributed by atoms with Gasteiger partial charge in [-0.3, -0.25) is 4.79 Å². The van der Waals surface area contributed by atoms with E-state index in [1.807, 2.05) is 48.0 Å². The van der Waals surface area contributed by atoms with E-state index in [0.717, 1.165) is 47.2 Å². The van der Waals surface area contributed by atoms with Crippen LogP contribution in [0.5, 0.6) is 5.75 Å². The molecule has 0 saturated carbocycles. The Bertz CT molecular complexity index is 1240. The first-order chi connectivity index (χ1) is 16.7. The normalized spacial score (nSPS) is 15.8. The van der Waals surface area contributed by atoms with Crippen LogP contribution in [-0.2, 0) is 11.3 Å². The van der Waals surface area contributed by atoms with E-state index in [4.69, 9.17) is 4.74 Å². The van der Waals surface area contributed by atoms with Gasteiger partial charge in [0.15, 0.2) is 5.82 Å². The quantitative estimate of drug-likeness (QED) is 0.438. The highest BCUT2D eigenvalue weighted by molar-refractivity contribution is 7.13. The highest BCUT2D eigenvalue weighted by Gasteiger charge is 2.27. The molecule has 0 bridgehead atoms. The zero-order valence-corrected chi connectivity index (χ0v) is 19.6. The van der Waals surface area contributed by atoms with Gasteiger partial charge in [-0.05, 0) is 43.2 Å². The average Bonchev–Trinajstić information content (AvgIpc) is 3.60. The van der Waals surface area contributed by atoms with Crippen molar-refractivity contribution in [3.8, 4) is 22.1 Å². The Morgan fingerprint density at radius 2 is 2.09 bits per heavy atom. The van der Waals surface area contributed by atoms with Crippen molar-refractivity contribution >= 4 is 23.1 Å². The molecule has 9 nitrogen and oxygen atoms in total. The molecule has 174 valence electrons. The van der Waals surface area contributed by atoms with Gasteiger partial charge in [0, 0.05) is 42.5 Å². The van der Waals surface area contributed by atoms with Crippen molar-refractivity contribution in [1.82, 2.24) is 30.0 Å². The van der Waals surface area contributed by atoms with Crippen molar-refractivity contribution in [3.63, 3.8) is 0 Å². The number of benzene rings is 1. The summed E-state index contributed by atoms with van der Waals surface area (Å²) in [4.78, 5) is 28.5. The minimum Gasteiger partial charge on any atom is -0.497 e. The zero-order chi connectivity index (χ0) is 23.3. The van der Waals surface area contributed by atoms with Crippen LogP contribution in [0, 0.1) is 5.92 Å². The minimum atomic E-state index is -0.100. The van der Waals surface area contributed by atoms with E-state index in [0.29, 0.717) is 18.9 Å². The fourth-order valence-electron chi connectivity index (χ4n) is 4.02. The molecule has 1 amide bonds. The highest BCUT2D eigenvalue weighted by atomic mass is 32.1. The number of anilines is 1. The van der Waals surface area contributed by atoms with Gasteiger partial charge in [-0.15, -0.1) is 11.3 Å². The van der Waals surface area contributed by atoms with Crippen LogP contribution in [0.2, 0.25) is 0 Å². The summed E-state index contributed by atoms with van der Waals surface area (Å²) in [6, 6.07) is 11.6. The lowest BCUT2D eigenvalue weighted by Crippen LogP contribution is -2.43. The molecule has 1 saturated heterocycles. The maximum Gasteiger partial charge on any atom is 0.225 e. The van der Waals surface area contributed by atoms with Crippen LogP contribution < -0.4 is 15.0 Å². The molecule has 1 fully saturated rings. The van der Waals surface area contributed by atoms with Crippen molar-refractivity contribution in [2.24, 2.45) is 5.92 Å². The standard InChI is InChI=1S/C24H25N7O2S/c1-33-20-7-5-17(6-8-20)24-29-19(15-34-24)13-25-23(32)18-4-2-10-30(14-18)21-12-22(27-16-26-21)31-11-3-9-28-31/h3,5-9,11-12,15-16,18H,2,4,10,13-14H2,1H3,(H,25,32). The molecule has 1 aromatic carbocycles. The molecule has 4 aromatic rings. The van der Waals surface area contributed by atoms with Crippen molar-refractivity contribution in [3.05, 3.63) is 66.2 Å². The van der Waals surface area contributed by atoms with Gasteiger partial charge < -0.3 is 15.0 Å². The first-order valence-electron chi connectivity index (χ1n) is 11.1. The molecule has 1 aliphatic heterocycles. The molecule has 3 aromatic heterocycles. The summed E-state index contributed by atoms with van der Waals surface area (Å²) in [6.45, 7) is 1.89. The van der Waals surface area contributed by atoms with Crippen LogP contribution in [-0.4, -0.2) is 50.8 Å². The van der Waals surface area contributed by atoms with Gasteiger partial charge in [-0.25, -0.2) is 19.6 Å². The molecule has 34 heavy (non-hydrogen) atoms. The summed E-state index contributed by atoms with van der Waals surface area (Å²) in [5, 5.41) is 10.2. The fourth-order valence-corrected chi connectivity index (χ4v) is 4.84. The Morgan fingerprint density at radius 3 is 2.88 bits per heavy atom. The monoisotopic (exact) mass is 475 g/mol. The number of methoxy groups -OCH3 is 1. The number of piperidine rings is 1. The molecule has 10 heteroatoms. The van der Waals surface area contributed by atoms with Crippen molar-refractivity contribution in [2.45, 2.75) is 19.4 Å². The third-order valence-corrected chi connectivity index (χ3v) is 6.77. The van der Waals surface area contributed by atoms with Crippen LogP contribution in [0.1, 0.15) is 18.5 Å². The van der Waals surface area contributed by atoms with Crippen LogP contribution >= 0.6 is 11.3 Å². The van der Waals surface area contributed by atoms with Crippen LogP contribution in [0.4, 0.5) is 5.82 Å². The number of amides is 1. The van der Waals surface area contributed by atoms with E-state index in [2.05, 4.69) is 30.3 Å². The molecule has 0 spiro atoms. The third-order valence-electron chi connectivity index (χ3n) is 5.83. The summed E-state index contributed by atoms with van der Waals surface area (Å²) >= 11 is 1.57. The molecule has 1 N–H and O–H groups in total. The summed E-state index contributed by atoms with van der Waals surface area (Å²) in [5.74, 6) is 2.27. The van der Waals surface area contributed by atoms with Gasteiger partial charge in [0.25, 0.3) is 0 Å². The Kier molecular flexibility index (Phi) is 6.48. The first kappa shape index (κ1) is 22.0. The lowest BCUT2D eigenvalue weighted by atomic mass is 9.97. The van der Waals surface area contributed by atoms with E-state index >= 15 is 0 Å². The number of hydrogen-bond acceptors (Lipinski definition) is 8. The second kappa shape index (κ2) is 10.0. The minimum absolute atomic E-state index is 0.0463. The van der Waals surface area contributed by atoms with Gasteiger partial charge in [0.2, 0.25) is 5.91 Å². The SMILES string of the molecule is COc1ccc(-c2nc(CNC(=O)C3CCCN(c4cc(-n5cccn5)ncn4)C3)cs2)cc1. The molecule has 0 aliphatic carbocycles. The number of aromatic nitrogens is 5. The number of rotatable bonds is 7. The summed E-state index contributed by atoms with van der Waals surface area (Å²) < 4.78 is 6.91. The van der Waals surface area contributed by atoms with E-state index < -0.39 is 0 Å². The summed E-state index contributed by atoms with van der Waals surface area (Å²) in [6.07, 6.45) is 6.88. The molecule has 1 aliphatic rings. The summed E-state index contributed by atoms with van der Waals surface area (Å²) in [5.41, 5.74) is 1.89. The molecular weight excluding hydrogens is 450 g/mol. The molecule has 1 unspecified atom stereocenters. The Balaban J connectivity index is 1.19. The van der Waals surface area contributed by atoms with Gasteiger partial charge >= 0.3 is 0 Å². The lowest BCUT2D eigenvalue weighted by Gasteiger charge is -2.32. The summed E-state index contributed by atoms with van der Waals surface area (Å²) in [7, 11) is 1.65. The molecule has 5 rings (SSSR count). The van der Waals surface area contributed by atoms with Gasteiger partial charge in [-0.2, -0.15) is 5.10 Å². The molecular formula is C24H25N7O2S. The topological polar surface area (TPSA) is 98.1 Å². The van der Waals surface area contributed by atoms with Gasteiger partial charge in [-0.1, -0.05) is 0 Å². The number of carbonyl (C=O) groups excluding carboxylic acids is 1. The number of thiazole rings is 1. The number of ether oxygens (including phenoxy) is 1. The van der Waals surface area contributed by atoms with Crippen molar-refractivity contribution in [1.29, 1.82) is 0 Å². The maximum atomic E-state index is 12.9. The highest BCUT2D eigenvalue weighted by Crippen LogP contribution is 2.26. The largest absolute Gasteiger partial charge is 0.497 e. The predicted octanol–water partition coefficient (Wildman–Crippen LogP) is 3.33. The van der Waals surface area contributed by atoms with Gasteiger partial charge in [0.1, 0.15) is 22.9 Å². The van der Waals surface area contributed by atoms with E-state index in [1.54, 1.807) is 35.7 Å². The predicted molar refractivity (Wildman–Crippen MR) is 130 cm³/mol. The van der Waals surface area contributed by atoms with E-state index in [1.165, 1.54) is 0 Å². The second-order valence-corrected chi connectivity index (χ2v) is 8.92. The van der Waals surface area contributed by atoms with E-state index in [9.17, 15) is 4.79 Å². The third kappa shape index (κ3) is 4.91. The Labute approximate surface area is 201 Å². The fraction of sp³-hybridized carbons (Fsp3) is 0.292. The molecule has 4 heterocycles.